The monoisotopic (exact) mass is 429 g/mol. The van der Waals surface area contributed by atoms with Crippen molar-refractivity contribution in [2.45, 2.75) is 0 Å². The topological polar surface area (TPSA) is 108 Å². The predicted octanol–water partition coefficient (Wildman–Crippen LogP) is 2.94. The van der Waals surface area contributed by atoms with Crippen molar-refractivity contribution < 1.29 is 4.74 Å². The second kappa shape index (κ2) is 8.98. The number of para-hydroxylation sites is 1. The zero-order valence-corrected chi connectivity index (χ0v) is 17.6. The molecule has 0 radical (unpaired) electrons. The van der Waals surface area contributed by atoms with Crippen molar-refractivity contribution in [3.63, 3.8) is 0 Å². The molecule has 3 aromatic heterocycles. The summed E-state index contributed by atoms with van der Waals surface area (Å²) < 4.78 is 5.91. The van der Waals surface area contributed by atoms with Crippen molar-refractivity contribution in [1.82, 2.24) is 35.0 Å². The number of pyridine rings is 1. The normalized spacial score (nSPS) is 14.3. The van der Waals surface area contributed by atoms with E-state index in [2.05, 4.69) is 52.3 Å². The van der Waals surface area contributed by atoms with E-state index in [1.807, 2.05) is 54.6 Å². The van der Waals surface area contributed by atoms with Crippen LogP contribution in [0.5, 0.6) is 11.8 Å². The first kappa shape index (κ1) is 19.9. The van der Waals surface area contributed by atoms with Crippen LogP contribution in [0.4, 0.5) is 17.7 Å². The van der Waals surface area contributed by atoms with Gasteiger partial charge in [0, 0.05) is 38.4 Å². The SMILES string of the molecule is CN1CCN(c2nc(Nc3cc(-c4ccccn4)[nH]n3)nc(Oc3ccccc3)n2)CC1. The number of nitrogens with one attached hydrogen (secondary N) is 2. The molecule has 1 saturated heterocycles. The van der Waals surface area contributed by atoms with Crippen LogP contribution >= 0.6 is 0 Å². The zero-order valence-electron chi connectivity index (χ0n) is 17.6. The molecule has 1 fully saturated rings. The number of aromatic amines is 1. The molecule has 0 atom stereocenters. The number of ether oxygens (including phenoxy) is 1. The Morgan fingerprint density at radius 1 is 0.938 bits per heavy atom. The maximum absolute atomic E-state index is 5.91. The molecule has 5 rings (SSSR count). The Morgan fingerprint density at radius 2 is 1.75 bits per heavy atom. The van der Waals surface area contributed by atoms with E-state index in [0.717, 1.165) is 37.6 Å². The maximum Gasteiger partial charge on any atom is 0.328 e. The Balaban J connectivity index is 1.42. The first-order chi connectivity index (χ1) is 15.7. The number of H-pyrrole nitrogens is 1. The van der Waals surface area contributed by atoms with E-state index in [0.29, 0.717) is 23.5 Å². The molecule has 10 heteroatoms. The molecule has 162 valence electrons. The van der Waals surface area contributed by atoms with Gasteiger partial charge in [-0.05, 0) is 31.3 Å². The first-order valence-electron chi connectivity index (χ1n) is 10.4. The van der Waals surface area contributed by atoms with Crippen LogP contribution in [0.2, 0.25) is 0 Å². The van der Waals surface area contributed by atoms with Crippen LogP contribution in [-0.4, -0.2) is 68.3 Å². The highest BCUT2D eigenvalue weighted by Gasteiger charge is 2.19. The number of hydrogen-bond acceptors (Lipinski definition) is 9. The lowest BCUT2D eigenvalue weighted by Gasteiger charge is -2.32. The third kappa shape index (κ3) is 4.65. The van der Waals surface area contributed by atoms with Gasteiger partial charge in [0.15, 0.2) is 5.82 Å². The third-order valence-corrected chi connectivity index (χ3v) is 5.10. The van der Waals surface area contributed by atoms with Crippen molar-refractivity contribution in [2.24, 2.45) is 0 Å². The zero-order chi connectivity index (χ0) is 21.8. The lowest BCUT2D eigenvalue weighted by atomic mass is 10.3. The minimum absolute atomic E-state index is 0.225. The van der Waals surface area contributed by atoms with E-state index in [1.54, 1.807) is 6.20 Å². The Bertz CT molecular complexity index is 1160. The van der Waals surface area contributed by atoms with Gasteiger partial charge in [-0.15, -0.1) is 0 Å². The molecule has 0 unspecified atom stereocenters. The van der Waals surface area contributed by atoms with Crippen LogP contribution in [0.15, 0.2) is 60.8 Å². The minimum Gasteiger partial charge on any atom is -0.424 e. The Labute approximate surface area is 185 Å². The fourth-order valence-corrected chi connectivity index (χ4v) is 3.34. The van der Waals surface area contributed by atoms with Crippen LogP contribution in [0.1, 0.15) is 0 Å². The molecule has 4 aromatic rings. The number of likely N-dealkylation sites (N-methyl/N-ethyl adjacent to an activating group) is 1. The van der Waals surface area contributed by atoms with Gasteiger partial charge in [0.2, 0.25) is 11.9 Å². The summed E-state index contributed by atoms with van der Waals surface area (Å²) in [5, 5.41) is 10.5. The number of piperazine rings is 1. The number of nitrogens with zero attached hydrogens (tertiary/aromatic N) is 7. The summed E-state index contributed by atoms with van der Waals surface area (Å²) in [6.45, 7) is 3.54. The van der Waals surface area contributed by atoms with Crippen LogP contribution in [0.3, 0.4) is 0 Å². The Hall–Kier alpha value is -4.05. The molecule has 0 aliphatic carbocycles. The standard InChI is InChI=1S/C22H23N9O/c1-30-11-13-31(14-12-30)21-25-20(26-22(27-21)32-16-7-3-2-4-8-16)24-19-15-18(28-29-19)17-9-5-6-10-23-17/h2-10,15H,11-14H2,1H3,(H2,24,25,26,27,28,29). The fourth-order valence-electron chi connectivity index (χ4n) is 3.34. The van der Waals surface area contributed by atoms with Gasteiger partial charge in [0.25, 0.3) is 0 Å². The Kier molecular flexibility index (Phi) is 5.58. The fraction of sp³-hybridized carbons (Fsp3) is 0.227. The van der Waals surface area contributed by atoms with E-state index < -0.39 is 0 Å². The van der Waals surface area contributed by atoms with Gasteiger partial charge >= 0.3 is 6.01 Å². The van der Waals surface area contributed by atoms with Gasteiger partial charge in [-0.25, -0.2) is 0 Å². The summed E-state index contributed by atoms with van der Waals surface area (Å²) in [7, 11) is 2.11. The largest absolute Gasteiger partial charge is 0.424 e. The van der Waals surface area contributed by atoms with Gasteiger partial charge in [-0.2, -0.15) is 20.1 Å². The first-order valence-corrected chi connectivity index (χ1v) is 10.4. The highest BCUT2D eigenvalue weighted by atomic mass is 16.5. The predicted molar refractivity (Wildman–Crippen MR) is 121 cm³/mol. The van der Waals surface area contributed by atoms with Gasteiger partial charge < -0.3 is 19.9 Å². The molecule has 1 aliphatic heterocycles. The summed E-state index contributed by atoms with van der Waals surface area (Å²) in [5.41, 5.74) is 1.59. The van der Waals surface area contributed by atoms with Crippen molar-refractivity contribution in [3.05, 3.63) is 60.8 Å². The minimum atomic E-state index is 0.225. The van der Waals surface area contributed by atoms with Crippen LogP contribution in [-0.2, 0) is 0 Å². The second-order valence-corrected chi connectivity index (χ2v) is 7.45. The molecular weight excluding hydrogens is 406 g/mol. The van der Waals surface area contributed by atoms with Gasteiger partial charge in [-0.1, -0.05) is 24.3 Å². The van der Waals surface area contributed by atoms with E-state index in [9.17, 15) is 0 Å². The Morgan fingerprint density at radius 3 is 2.53 bits per heavy atom. The molecule has 0 saturated carbocycles. The summed E-state index contributed by atoms with van der Waals surface area (Å²) in [6.07, 6.45) is 1.74. The van der Waals surface area contributed by atoms with Crippen molar-refractivity contribution >= 4 is 17.7 Å². The lowest BCUT2D eigenvalue weighted by Crippen LogP contribution is -2.45. The smallest absolute Gasteiger partial charge is 0.328 e. The van der Waals surface area contributed by atoms with Crippen molar-refractivity contribution in [3.8, 4) is 23.1 Å². The summed E-state index contributed by atoms with van der Waals surface area (Å²) >= 11 is 0. The molecule has 1 aromatic carbocycles. The van der Waals surface area contributed by atoms with Gasteiger partial charge in [0.1, 0.15) is 5.75 Å². The molecule has 0 spiro atoms. The number of benzene rings is 1. The van der Waals surface area contributed by atoms with Crippen LogP contribution in [0.25, 0.3) is 11.4 Å². The highest BCUT2D eigenvalue weighted by molar-refractivity contribution is 5.61. The second-order valence-electron chi connectivity index (χ2n) is 7.45. The molecule has 0 amide bonds. The summed E-state index contributed by atoms with van der Waals surface area (Å²) in [4.78, 5) is 22.4. The molecule has 2 N–H and O–H groups in total. The average Bonchev–Trinajstić information content (AvgIpc) is 3.29. The van der Waals surface area contributed by atoms with Gasteiger partial charge in [0.05, 0.1) is 11.4 Å². The van der Waals surface area contributed by atoms with Crippen molar-refractivity contribution in [2.75, 3.05) is 43.4 Å². The number of anilines is 3. The average molecular weight is 429 g/mol. The van der Waals surface area contributed by atoms with Crippen LogP contribution in [0, 0.1) is 0 Å². The molecule has 1 aliphatic rings. The lowest BCUT2D eigenvalue weighted by molar-refractivity contribution is 0.310. The van der Waals surface area contributed by atoms with E-state index in [-0.39, 0.29) is 6.01 Å². The number of aromatic nitrogens is 6. The van der Waals surface area contributed by atoms with E-state index >= 15 is 0 Å². The molecule has 32 heavy (non-hydrogen) atoms. The highest BCUT2D eigenvalue weighted by Crippen LogP contribution is 2.24. The quantitative estimate of drug-likeness (QED) is 0.478. The maximum atomic E-state index is 5.91. The van der Waals surface area contributed by atoms with Crippen molar-refractivity contribution in [1.29, 1.82) is 0 Å². The van der Waals surface area contributed by atoms with E-state index in [4.69, 9.17) is 4.74 Å². The molecular formula is C22H23N9O. The number of rotatable bonds is 6. The van der Waals surface area contributed by atoms with Crippen LogP contribution < -0.4 is 15.0 Å². The molecule has 0 bridgehead atoms. The molecule has 4 heterocycles. The summed E-state index contributed by atoms with van der Waals surface area (Å²) in [5.74, 6) is 2.17. The van der Waals surface area contributed by atoms with E-state index in [1.165, 1.54) is 0 Å². The summed E-state index contributed by atoms with van der Waals surface area (Å²) in [6, 6.07) is 17.3. The third-order valence-electron chi connectivity index (χ3n) is 5.10. The number of hydrogen-bond donors (Lipinski definition) is 2. The van der Waals surface area contributed by atoms with Gasteiger partial charge in [-0.3, -0.25) is 10.1 Å². The molecule has 10 nitrogen and oxygen atoms in total.